The van der Waals surface area contributed by atoms with Crippen LogP contribution in [0.1, 0.15) is 20.8 Å². The van der Waals surface area contributed by atoms with Gasteiger partial charge in [0.15, 0.2) is 0 Å². The summed E-state index contributed by atoms with van der Waals surface area (Å²) in [7, 11) is 3.13. The predicted octanol–water partition coefficient (Wildman–Crippen LogP) is 4.20. The molecule has 0 aliphatic heterocycles. The highest BCUT2D eigenvalue weighted by atomic mass is 32.1. The summed E-state index contributed by atoms with van der Waals surface area (Å²) in [6.07, 6.45) is 3.26. The van der Waals surface area contributed by atoms with E-state index in [4.69, 9.17) is 13.9 Å². The SMILES string of the molecule is COc1cc(OC)cc(C(=O)N(Cc2ccoc2)Cc2cccs2)c1. The van der Waals surface area contributed by atoms with Crippen molar-refractivity contribution in [3.63, 3.8) is 0 Å². The number of amides is 1. The zero-order valence-corrected chi connectivity index (χ0v) is 14.9. The fourth-order valence-corrected chi connectivity index (χ4v) is 3.23. The molecule has 0 aliphatic rings. The summed E-state index contributed by atoms with van der Waals surface area (Å²) >= 11 is 1.63. The molecule has 0 aliphatic carbocycles. The quantitative estimate of drug-likeness (QED) is 0.636. The number of thiophene rings is 1. The first-order valence-corrected chi connectivity index (χ1v) is 8.63. The maximum Gasteiger partial charge on any atom is 0.254 e. The van der Waals surface area contributed by atoms with Gasteiger partial charge in [-0.05, 0) is 29.6 Å². The summed E-state index contributed by atoms with van der Waals surface area (Å²) < 4.78 is 15.7. The van der Waals surface area contributed by atoms with Crippen LogP contribution in [-0.2, 0) is 13.1 Å². The minimum Gasteiger partial charge on any atom is -0.497 e. The maximum absolute atomic E-state index is 13.1. The Labute approximate surface area is 150 Å². The smallest absolute Gasteiger partial charge is 0.254 e. The number of carbonyl (C=O) groups is 1. The van der Waals surface area contributed by atoms with Gasteiger partial charge in [0.1, 0.15) is 11.5 Å². The molecular formula is C19H19NO4S. The third-order valence-electron chi connectivity index (χ3n) is 3.77. The molecule has 0 unspecified atom stereocenters. The number of methoxy groups -OCH3 is 2. The van der Waals surface area contributed by atoms with Crippen molar-refractivity contribution in [1.29, 1.82) is 0 Å². The third kappa shape index (κ3) is 4.22. The molecule has 6 heteroatoms. The van der Waals surface area contributed by atoms with Crippen molar-refractivity contribution >= 4 is 17.2 Å². The van der Waals surface area contributed by atoms with E-state index in [1.165, 1.54) is 0 Å². The molecule has 3 rings (SSSR count). The van der Waals surface area contributed by atoms with Gasteiger partial charge in [-0.25, -0.2) is 0 Å². The van der Waals surface area contributed by atoms with Crippen LogP contribution in [0, 0.1) is 0 Å². The van der Waals surface area contributed by atoms with Crippen molar-refractivity contribution in [2.24, 2.45) is 0 Å². The van der Waals surface area contributed by atoms with Gasteiger partial charge in [0.25, 0.3) is 5.91 Å². The van der Waals surface area contributed by atoms with Gasteiger partial charge in [0, 0.05) is 28.6 Å². The van der Waals surface area contributed by atoms with Gasteiger partial charge in [0.2, 0.25) is 0 Å². The molecule has 0 atom stereocenters. The van der Waals surface area contributed by atoms with Gasteiger partial charge in [-0.2, -0.15) is 0 Å². The number of ether oxygens (including phenoxy) is 2. The maximum atomic E-state index is 13.1. The predicted molar refractivity (Wildman–Crippen MR) is 96.2 cm³/mol. The molecule has 0 bridgehead atoms. The van der Waals surface area contributed by atoms with Gasteiger partial charge in [-0.15, -0.1) is 11.3 Å². The van der Waals surface area contributed by atoms with E-state index in [1.54, 1.807) is 61.2 Å². The molecule has 130 valence electrons. The molecule has 5 nitrogen and oxygen atoms in total. The van der Waals surface area contributed by atoms with Gasteiger partial charge in [0.05, 0.1) is 33.3 Å². The zero-order chi connectivity index (χ0) is 17.6. The first kappa shape index (κ1) is 17.1. The van der Waals surface area contributed by atoms with Crippen LogP contribution in [0.4, 0.5) is 0 Å². The van der Waals surface area contributed by atoms with E-state index < -0.39 is 0 Å². The Hall–Kier alpha value is -2.73. The second-order valence-corrected chi connectivity index (χ2v) is 6.51. The minimum atomic E-state index is -0.0909. The molecule has 2 heterocycles. The Morgan fingerprint density at radius 1 is 1.12 bits per heavy atom. The van der Waals surface area contributed by atoms with Crippen LogP contribution in [0.3, 0.4) is 0 Å². The summed E-state index contributed by atoms with van der Waals surface area (Å²) in [6, 6.07) is 11.1. The Morgan fingerprint density at radius 2 is 1.88 bits per heavy atom. The summed E-state index contributed by atoms with van der Waals surface area (Å²) in [5.41, 5.74) is 1.47. The molecule has 25 heavy (non-hydrogen) atoms. The van der Waals surface area contributed by atoms with Crippen molar-refractivity contribution in [2.45, 2.75) is 13.1 Å². The van der Waals surface area contributed by atoms with Gasteiger partial charge in [-0.3, -0.25) is 4.79 Å². The average Bonchev–Trinajstić information content (AvgIpc) is 3.34. The molecule has 0 spiro atoms. The largest absolute Gasteiger partial charge is 0.497 e. The standard InChI is InChI=1S/C19H19NO4S/c1-22-16-8-15(9-17(10-16)23-2)19(21)20(11-14-5-6-24-13-14)12-18-4-3-7-25-18/h3-10,13H,11-12H2,1-2H3. The van der Waals surface area contributed by atoms with Crippen LogP contribution in [0.5, 0.6) is 11.5 Å². The van der Waals surface area contributed by atoms with Crippen LogP contribution in [0.2, 0.25) is 0 Å². The summed E-state index contributed by atoms with van der Waals surface area (Å²) in [4.78, 5) is 16.0. The molecule has 1 aromatic carbocycles. The number of rotatable bonds is 7. The fraction of sp³-hybridized carbons (Fsp3) is 0.211. The zero-order valence-electron chi connectivity index (χ0n) is 14.1. The Balaban J connectivity index is 1.90. The van der Waals surface area contributed by atoms with Crippen LogP contribution in [0.25, 0.3) is 0 Å². The van der Waals surface area contributed by atoms with Crippen LogP contribution < -0.4 is 9.47 Å². The van der Waals surface area contributed by atoms with E-state index in [9.17, 15) is 4.79 Å². The topological polar surface area (TPSA) is 51.9 Å². The second-order valence-electron chi connectivity index (χ2n) is 5.47. The lowest BCUT2D eigenvalue weighted by Crippen LogP contribution is -2.29. The van der Waals surface area contributed by atoms with Gasteiger partial charge >= 0.3 is 0 Å². The first-order chi connectivity index (χ1) is 12.2. The highest BCUT2D eigenvalue weighted by molar-refractivity contribution is 7.09. The Bertz CT molecular complexity index is 754. The number of nitrogens with zero attached hydrogens (tertiary/aromatic N) is 1. The molecular weight excluding hydrogens is 338 g/mol. The molecule has 1 amide bonds. The fourth-order valence-electron chi connectivity index (χ4n) is 2.51. The second kappa shape index (κ2) is 7.90. The number of hydrogen-bond donors (Lipinski definition) is 0. The summed E-state index contributed by atoms with van der Waals surface area (Å²) in [5.74, 6) is 1.08. The molecule has 0 fully saturated rings. The highest BCUT2D eigenvalue weighted by Crippen LogP contribution is 2.25. The minimum absolute atomic E-state index is 0.0909. The van der Waals surface area contributed by atoms with Crippen LogP contribution >= 0.6 is 11.3 Å². The van der Waals surface area contributed by atoms with Crippen molar-refractivity contribution < 1.29 is 18.7 Å². The van der Waals surface area contributed by atoms with Crippen LogP contribution in [0.15, 0.2) is 58.7 Å². The van der Waals surface area contributed by atoms with Crippen molar-refractivity contribution in [3.8, 4) is 11.5 Å². The Morgan fingerprint density at radius 3 is 2.44 bits per heavy atom. The van der Waals surface area contributed by atoms with E-state index in [2.05, 4.69) is 0 Å². The summed E-state index contributed by atoms with van der Waals surface area (Å²) in [6.45, 7) is 0.994. The van der Waals surface area contributed by atoms with E-state index in [0.717, 1.165) is 10.4 Å². The summed E-state index contributed by atoms with van der Waals surface area (Å²) in [5, 5.41) is 2.00. The molecule has 0 saturated carbocycles. The van der Waals surface area contributed by atoms with Crippen molar-refractivity contribution in [1.82, 2.24) is 4.90 Å². The van der Waals surface area contributed by atoms with Crippen LogP contribution in [-0.4, -0.2) is 25.0 Å². The number of hydrogen-bond acceptors (Lipinski definition) is 5. The number of carbonyl (C=O) groups excluding carboxylic acids is 1. The number of furan rings is 1. The number of benzene rings is 1. The highest BCUT2D eigenvalue weighted by Gasteiger charge is 2.19. The molecule has 0 radical (unpaired) electrons. The molecule has 0 N–H and O–H groups in total. The average molecular weight is 357 g/mol. The lowest BCUT2D eigenvalue weighted by atomic mass is 10.1. The van der Waals surface area contributed by atoms with Gasteiger partial charge < -0.3 is 18.8 Å². The van der Waals surface area contributed by atoms with E-state index >= 15 is 0 Å². The van der Waals surface area contributed by atoms with Crippen molar-refractivity contribution in [3.05, 3.63) is 70.3 Å². The molecule has 2 aromatic heterocycles. The normalized spacial score (nSPS) is 10.5. The van der Waals surface area contributed by atoms with E-state index in [0.29, 0.717) is 30.2 Å². The lowest BCUT2D eigenvalue weighted by molar-refractivity contribution is 0.0731. The first-order valence-electron chi connectivity index (χ1n) is 7.75. The molecule has 3 aromatic rings. The monoisotopic (exact) mass is 357 g/mol. The Kier molecular flexibility index (Phi) is 5.40. The van der Waals surface area contributed by atoms with E-state index in [-0.39, 0.29) is 5.91 Å². The van der Waals surface area contributed by atoms with Gasteiger partial charge in [-0.1, -0.05) is 6.07 Å². The molecule has 0 saturated heterocycles. The third-order valence-corrected chi connectivity index (χ3v) is 4.63. The van der Waals surface area contributed by atoms with E-state index in [1.807, 2.05) is 23.6 Å². The van der Waals surface area contributed by atoms with Crippen molar-refractivity contribution in [2.75, 3.05) is 14.2 Å². The lowest BCUT2D eigenvalue weighted by Gasteiger charge is -2.22.